The maximum atomic E-state index is 12.6. The molecule has 9 heteroatoms. The van der Waals surface area contributed by atoms with Crippen molar-refractivity contribution in [3.05, 3.63) is 31.7 Å². The molecule has 0 amide bonds. The van der Waals surface area contributed by atoms with E-state index in [1.807, 2.05) is 0 Å². The summed E-state index contributed by atoms with van der Waals surface area (Å²) in [6.07, 6.45) is -4.65. The molecule has 0 aromatic carbocycles. The number of alkyl halides is 3. The molecule has 0 aliphatic rings. The highest BCUT2D eigenvalue weighted by Crippen LogP contribution is 2.35. The first-order valence-corrected chi connectivity index (χ1v) is 6.68. The second kappa shape index (κ2) is 4.89. The minimum absolute atomic E-state index is 0.0964. The lowest BCUT2D eigenvalue weighted by Gasteiger charge is -2.02. The molecule has 0 aliphatic heterocycles. The summed E-state index contributed by atoms with van der Waals surface area (Å²) in [5.41, 5.74) is -0.570. The predicted molar refractivity (Wildman–Crippen MR) is 63.7 cm³/mol. The Kier molecular flexibility index (Phi) is 3.59. The number of carbonyl (C=O) groups is 1. The van der Waals surface area contributed by atoms with Crippen molar-refractivity contribution in [3.8, 4) is 0 Å². The summed E-state index contributed by atoms with van der Waals surface area (Å²) < 4.78 is 37.9. The molecule has 0 aliphatic carbocycles. The third kappa shape index (κ3) is 3.10. The molecular weight excluding hydrogens is 301 g/mol. The van der Waals surface area contributed by atoms with Crippen LogP contribution in [0.1, 0.15) is 31.1 Å². The van der Waals surface area contributed by atoms with Crippen molar-refractivity contribution >= 4 is 28.6 Å². The second-order valence-corrected chi connectivity index (χ2v) is 5.67. The van der Waals surface area contributed by atoms with Gasteiger partial charge < -0.3 is 5.11 Å². The lowest BCUT2D eigenvalue weighted by Crippen LogP contribution is -2.11. The van der Waals surface area contributed by atoms with Gasteiger partial charge in [0.1, 0.15) is 9.88 Å². The van der Waals surface area contributed by atoms with E-state index in [4.69, 9.17) is 5.11 Å². The van der Waals surface area contributed by atoms with Crippen LogP contribution in [0.2, 0.25) is 0 Å². The quantitative estimate of drug-likeness (QED) is 0.945. The van der Waals surface area contributed by atoms with Crippen LogP contribution >= 0.6 is 22.7 Å². The van der Waals surface area contributed by atoms with E-state index < -0.39 is 22.7 Å². The molecule has 2 aromatic rings. The molecule has 0 spiro atoms. The number of halogens is 3. The third-order valence-electron chi connectivity index (χ3n) is 2.10. The SMILES string of the molecule is Cc1csc(Cc2nc(C(F)(F)F)c(C(=O)O)s2)n1. The highest BCUT2D eigenvalue weighted by molar-refractivity contribution is 7.14. The number of rotatable bonds is 3. The van der Waals surface area contributed by atoms with Gasteiger partial charge in [-0.15, -0.1) is 22.7 Å². The molecule has 0 fully saturated rings. The van der Waals surface area contributed by atoms with Gasteiger partial charge in [-0.1, -0.05) is 0 Å². The van der Waals surface area contributed by atoms with Gasteiger partial charge in [0.15, 0.2) is 5.69 Å². The zero-order chi connectivity index (χ0) is 14.2. The van der Waals surface area contributed by atoms with Crippen molar-refractivity contribution in [3.63, 3.8) is 0 Å². The van der Waals surface area contributed by atoms with Gasteiger partial charge in [-0.3, -0.25) is 0 Å². The van der Waals surface area contributed by atoms with E-state index in [2.05, 4.69) is 9.97 Å². The first-order valence-electron chi connectivity index (χ1n) is 4.98. The number of aromatic carboxylic acids is 1. The summed E-state index contributed by atoms with van der Waals surface area (Å²) in [7, 11) is 0. The van der Waals surface area contributed by atoms with Crippen LogP contribution in [0.5, 0.6) is 0 Å². The maximum absolute atomic E-state index is 12.6. The summed E-state index contributed by atoms with van der Waals surface area (Å²) >= 11 is 1.84. The van der Waals surface area contributed by atoms with E-state index in [0.29, 0.717) is 16.3 Å². The van der Waals surface area contributed by atoms with Crippen molar-refractivity contribution in [2.75, 3.05) is 0 Å². The molecule has 2 heterocycles. The van der Waals surface area contributed by atoms with Crippen LogP contribution in [0.25, 0.3) is 0 Å². The molecule has 1 N–H and O–H groups in total. The van der Waals surface area contributed by atoms with Gasteiger partial charge in [0.25, 0.3) is 0 Å². The monoisotopic (exact) mass is 308 g/mol. The smallest absolute Gasteiger partial charge is 0.435 e. The largest absolute Gasteiger partial charge is 0.477 e. The molecule has 102 valence electrons. The summed E-state index contributed by atoms with van der Waals surface area (Å²) in [5.74, 6) is -1.62. The van der Waals surface area contributed by atoms with Crippen LogP contribution < -0.4 is 0 Å². The number of hydrogen-bond donors (Lipinski definition) is 1. The fourth-order valence-electron chi connectivity index (χ4n) is 1.39. The van der Waals surface area contributed by atoms with Crippen LogP contribution in [0.3, 0.4) is 0 Å². The van der Waals surface area contributed by atoms with Crippen LogP contribution in [0.15, 0.2) is 5.38 Å². The maximum Gasteiger partial charge on any atom is 0.435 e. The number of nitrogens with zero attached hydrogens (tertiary/aromatic N) is 2. The van der Waals surface area contributed by atoms with Gasteiger partial charge in [0.05, 0.1) is 11.4 Å². The molecule has 0 bridgehead atoms. The van der Waals surface area contributed by atoms with E-state index in [-0.39, 0.29) is 11.4 Å². The molecule has 2 rings (SSSR count). The van der Waals surface area contributed by atoms with E-state index in [9.17, 15) is 18.0 Å². The number of thiazole rings is 2. The van der Waals surface area contributed by atoms with E-state index in [0.717, 1.165) is 5.69 Å². The van der Waals surface area contributed by atoms with Gasteiger partial charge in [-0.25, -0.2) is 14.8 Å². The Morgan fingerprint density at radius 3 is 2.47 bits per heavy atom. The van der Waals surface area contributed by atoms with Crippen molar-refractivity contribution in [1.82, 2.24) is 9.97 Å². The highest BCUT2D eigenvalue weighted by Gasteiger charge is 2.39. The molecule has 4 nitrogen and oxygen atoms in total. The lowest BCUT2D eigenvalue weighted by atomic mass is 10.3. The Labute approximate surface area is 113 Å². The molecular formula is C10H7F3N2O2S2. The molecule has 0 saturated heterocycles. The van der Waals surface area contributed by atoms with Crippen molar-refractivity contribution < 1.29 is 23.1 Å². The Morgan fingerprint density at radius 2 is 2.05 bits per heavy atom. The normalized spacial score (nSPS) is 11.8. The van der Waals surface area contributed by atoms with Crippen molar-refractivity contribution in [2.45, 2.75) is 19.5 Å². The van der Waals surface area contributed by atoms with Gasteiger partial charge in [-0.05, 0) is 6.92 Å². The van der Waals surface area contributed by atoms with Crippen LogP contribution in [-0.2, 0) is 12.6 Å². The summed E-state index contributed by atoms with van der Waals surface area (Å²) in [5, 5.41) is 11.2. The Bertz CT molecular complexity index is 619. The fourth-order valence-corrected chi connectivity index (χ4v) is 3.18. The number of aryl methyl sites for hydroxylation is 1. The summed E-state index contributed by atoms with van der Waals surface area (Å²) in [6.45, 7) is 1.77. The Morgan fingerprint density at radius 1 is 1.37 bits per heavy atom. The molecule has 0 atom stereocenters. The second-order valence-electron chi connectivity index (χ2n) is 3.65. The Balaban J connectivity index is 2.35. The topological polar surface area (TPSA) is 63.1 Å². The Hall–Kier alpha value is -1.48. The fraction of sp³-hybridized carbons (Fsp3) is 0.300. The molecule has 0 radical (unpaired) electrons. The number of carboxylic acids is 1. The highest BCUT2D eigenvalue weighted by atomic mass is 32.1. The van der Waals surface area contributed by atoms with Crippen LogP contribution in [0, 0.1) is 6.92 Å². The zero-order valence-corrected chi connectivity index (χ0v) is 11.1. The summed E-state index contributed by atoms with van der Waals surface area (Å²) in [4.78, 5) is 17.5. The first-order chi connectivity index (χ1) is 8.77. The first kappa shape index (κ1) is 13.9. The molecule has 0 saturated carbocycles. The minimum Gasteiger partial charge on any atom is -0.477 e. The standard InChI is InChI=1S/C10H7F3N2O2S2/c1-4-3-18-5(14-4)2-6-15-8(10(11,12)13)7(19-6)9(16)17/h3H,2H2,1H3,(H,16,17). The number of hydrogen-bond acceptors (Lipinski definition) is 5. The molecule has 19 heavy (non-hydrogen) atoms. The van der Waals surface area contributed by atoms with Crippen molar-refractivity contribution in [2.24, 2.45) is 0 Å². The van der Waals surface area contributed by atoms with Gasteiger partial charge in [0.2, 0.25) is 0 Å². The minimum atomic E-state index is -4.76. The van der Waals surface area contributed by atoms with E-state index in [1.165, 1.54) is 11.3 Å². The van der Waals surface area contributed by atoms with Gasteiger partial charge in [-0.2, -0.15) is 13.2 Å². The number of carboxylic acid groups (broad SMARTS) is 1. The lowest BCUT2D eigenvalue weighted by molar-refractivity contribution is -0.141. The van der Waals surface area contributed by atoms with E-state index in [1.54, 1.807) is 12.3 Å². The summed E-state index contributed by atoms with van der Waals surface area (Å²) in [6, 6.07) is 0. The third-order valence-corrected chi connectivity index (χ3v) is 4.11. The van der Waals surface area contributed by atoms with Gasteiger partial charge in [0, 0.05) is 11.1 Å². The average molecular weight is 308 g/mol. The number of aromatic nitrogens is 2. The van der Waals surface area contributed by atoms with E-state index >= 15 is 0 Å². The average Bonchev–Trinajstić information content (AvgIpc) is 2.85. The predicted octanol–water partition coefficient (Wildman–Crippen LogP) is 3.22. The molecule has 2 aromatic heterocycles. The van der Waals surface area contributed by atoms with Crippen molar-refractivity contribution in [1.29, 1.82) is 0 Å². The van der Waals surface area contributed by atoms with Crippen LogP contribution in [0.4, 0.5) is 13.2 Å². The molecule has 0 unspecified atom stereocenters. The zero-order valence-electron chi connectivity index (χ0n) is 9.48. The van der Waals surface area contributed by atoms with Crippen LogP contribution in [-0.4, -0.2) is 21.0 Å². The van der Waals surface area contributed by atoms with Gasteiger partial charge >= 0.3 is 12.1 Å².